The molecule has 2 aliphatic rings. The fourth-order valence-electron chi connectivity index (χ4n) is 2.95. The molecule has 1 amide bonds. The molecule has 0 aromatic carbocycles. The lowest BCUT2D eigenvalue weighted by Gasteiger charge is -2.02. The number of nitrogens with one attached hydrogen (secondary N) is 1. The zero-order valence-corrected chi connectivity index (χ0v) is 10.9. The van der Waals surface area contributed by atoms with Gasteiger partial charge in [0.05, 0.1) is 0 Å². The van der Waals surface area contributed by atoms with Gasteiger partial charge in [0, 0.05) is 11.3 Å². The Kier molecular flexibility index (Phi) is 2.81. The Hall–Kier alpha value is -1.43. The van der Waals surface area contributed by atoms with Crippen molar-refractivity contribution < 1.29 is 10.0 Å². The van der Waals surface area contributed by atoms with Gasteiger partial charge in [0.25, 0.3) is 0 Å². The zero-order chi connectivity index (χ0) is 12.7. The van der Waals surface area contributed by atoms with E-state index in [9.17, 15) is 4.79 Å². The van der Waals surface area contributed by atoms with Gasteiger partial charge in [-0.05, 0) is 31.6 Å². The summed E-state index contributed by atoms with van der Waals surface area (Å²) in [7, 11) is 0. The number of oxime groups is 1. The number of aromatic nitrogens is 1. The minimum absolute atomic E-state index is 0.101. The Labute approximate surface area is 109 Å². The van der Waals surface area contributed by atoms with Gasteiger partial charge in [-0.3, -0.25) is 4.79 Å². The summed E-state index contributed by atoms with van der Waals surface area (Å²) >= 11 is 1.36. The number of hydrogen-bond acceptors (Lipinski definition) is 5. The standard InChI is InChI=1S/C12H15N3O2S/c1-6(15-17)9-5-18-12(13-9)14-11(16)10-7-3-2-4-8(7)10/h5,7-8,10,17H,2-4H2,1H3,(H,13,14,16). The highest BCUT2D eigenvalue weighted by Gasteiger charge is 2.56. The Morgan fingerprint density at radius 2 is 2.28 bits per heavy atom. The zero-order valence-electron chi connectivity index (χ0n) is 10.1. The molecule has 18 heavy (non-hydrogen) atoms. The molecule has 6 heteroatoms. The molecule has 0 radical (unpaired) electrons. The van der Waals surface area contributed by atoms with E-state index in [-0.39, 0.29) is 11.8 Å². The van der Waals surface area contributed by atoms with Gasteiger partial charge >= 0.3 is 0 Å². The van der Waals surface area contributed by atoms with E-state index in [2.05, 4.69) is 15.5 Å². The summed E-state index contributed by atoms with van der Waals surface area (Å²) in [6, 6.07) is 0. The average Bonchev–Trinajstić information content (AvgIpc) is 2.76. The third-order valence-electron chi connectivity index (χ3n) is 3.96. The third kappa shape index (κ3) is 1.90. The van der Waals surface area contributed by atoms with Crippen LogP contribution >= 0.6 is 11.3 Å². The van der Waals surface area contributed by atoms with Gasteiger partial charge in [0.15, 0.2) is 5.13 Å². The summed E-state index contributed by atoms with van der Waals surface area (Å²) in [4.78, 5) is 16.2. The number of fused-ring (bicyclic) bond motifs is 1. The maximum Gasteiger partial charge on any atom is 0.229 e. The molecule has 2 fully saturated rings. The number of hydrogen-bond donors (Lipinski definition) is 2. The highest BCUT2D eigenvalue weighted by atomic mass is 32.1. The fraction of sp³-hybridized carbons (Fsp3) is 0.583. The lowest BCUT2D eigenvalue weighted by atomic mass is 10.1. The highest BCUT2D eigenvalue weighted by Crippen LogP contribution is 2.57. The Bertz CT molecular complexity index is 501. The first-order chi connectivity index (χ1) is 8.70. The van der Waals surface area contributed by atoms with Crippen molar-refractivity contribution in [1.82, 2.24) is 4.98 Å². The van der Waals surface area contributed by atoms with Gasteiger partial charge in [-0.2, -0.15) is 0 Å². The predicted molar refractivity (Wildman–Crippen MR) is 69.1 cm³/mol. The van der Waals surface area contributed by atoms with Gasteiger partial charge in [-0.1, -0.05) is 11.6 Å². The van der Waals surface area contributed by atoms with Crippen molar-refractivity contribution in [3.8, 4) is 0 Å². The van der Waals surface area contributed by atoms with E-state index in [4.69, 9.17) is 5.21 Å². The molecule has 2 saturated carbocycles. The fourth-order valence-corrected chi connectivity index (χ4v) is 3.70. The SMILES string of the molecule is CC(=NO)c1csc(NC(=O)C2C3CCCC32)n1. The Balaban J connectivity index is 1.63. The average molecular weight is 265 g/mol. The van der Waals surface area contributed by atoms with E-state index in [1.807, 2.05) is 0 Å². The van der Waals surface area contributed by atoms with E-state index in [1.54, 1.807) is 12.3 Å². The van der Waals surface area contributed by atoms with Crippen LogP contribution in [-0.4, -0.2) is 21.8 Å². The van der Waals surface area contributed by atoms with Gasteiger partial charge < -0.3 is 10.5 Å². The monoisotopic (exact) mass is 265 g/mol. The molecule has 3 rings (SSSR count). The van der Waals surface area contributed by atoms with E-state index in [0.29, 0.717) is 28.4 Å². The van der Waals surface area contributed by atoms with Crippen molar-refractivity contribution in [2.75, 3.05) is 5.32 Å². The summed E-state index contributed by atoms with van der Waals surface area (Å²) in [5.41, 5.74) is 1.06. The lowest BCUT2D eigenvalue weighted by Crippen LogP contribution is -2.16. The van der Waals surface area contributed by atoms with Crippen LogP contribution in [0.15, 0.2) is 10.5 Å². The van der Waals surface area contributed by atoms with Gasteiger partial charge in [0.2, 0.25) is 5.91 Å². The molecule has 0 saturated heterocycles. The molecule has 2 N–H and O–H groups in total. The van der Waals surface area contributed by atoms with Crippen molar-refractivity contribution in [3.05, 3.63) is 11.1 Å². The number of carbonyl (C=O) groups is 1. The number of nitrogens with zero attached hydrogens (tertiary/aromatic N) is 2. The maximum absolute atomic E-state index is 12.0. The lowest BCUT2D eigenvalue weighted by molar-refractivity contribution is -0.118. The normalized spacial score (nSPS) is 30.1. The van der Waals surface area contributed by atoms with Crippen LogP contribution in [0, 0.1) is 17.8 Å². The van der Waals surface area contributed by atoms with Crippen molar-refractivity contribution in [3.63, 3.8) is 0 Å². The van der Waals surface area contributed by atoms with Crippen LogP contribution in [0.2, 0.25) is 0 Å². The molecule has 0 spiro atoms. The van der Waals surface area contributed by atoms with Crippen molar-refractivity contribution in [2.45, 2.75) is 26.2 Å². The largest absolute Gasteiger partial charge is 0.411 e. The molecule has 96 valence electrons. The number of rotatable bonds is 3. The van der Waals surface area contributed by atoms with Crippen molar-refractivity contribution in [2.24, 2.45) is 22.9 Å². The topological polar surface area (TPSA) is 74.6 Å². The van der Waals surface area contributed by atoms with E-state index in [0.717, 1.165) is 0 Å². The molecule has 1 heterocycles. The van der Waals surface area contributed by atoms with Gasteiger partial charge in [0.1, 0.15) is 11.4 Å². The minimum Gasteiger partial charge on any atom is -0.411 e. The first-order valence-electron chi connectivity index (χ1n) is 6.16. The molecule has 2 atom stereocenters. The van der Waals surface area contributed by atoms with Crippen LogP contribution in [0.1, 0.15) is 31.9 Å². The first kappa shape index (κ1) is 11.6. The predicted octanol–water partition coefficient (Wildman–Crippen LogP) is 2.33. The van der Waals surface area contributed by atoms with Crippen molar-refractivity contribution in [1.29, 1.82) is 0 Å². The molecule has 0 bridgehead atoms. The number of carbonyl (C=O) groups excluding carboxylic acids is 1. The van der Waals surface area contributed by atoms with E-state index < -0.39 is 0 Å². The molecule has 2 aliphatic carbocycles. The van der Waals surface area contributed by atoms with E-state index in [1.165, 1.54) is 30.6 Å². The third-order valence-corrected chi connectivity index (χ3v) is 4.72. The summed E-state index contributed by atoms with van der Waals surface area (Å²) in [6.45, 7) is 1.67. The van der Waals surface area contributed by atoms with Crippen LogP contribution in [-0.2, 0) is 4.79 Å². The second kappa shape index (κ2) is 4.35. The molecule has 1 aromatic rings. The number of thiazole rings is 1. The Morgan fingerprint density at radius 1 is 1.56 bits per heavy atom. The highest BCUT2D eigenvalue weighted by molar-refractivity contribution is 7.14. The summed E-state index contributed by atoms with van der Waals surface area (Å²) in [5.74, 6) is 1.54. The number of amides is 1. The molecular formula is C12H15N3O2S. The van der Waals surface area contributed by atoms with Crippen LogP contribution in [0.3, 0.4) is 0 Å². The summed E-state index contributed by atoms with van der Waals surface area (Å²) in [6.07, 6.45) is 3.66. The Morgan fingerprint density at radius 3 is 2.94 bits per heavy atom. The molecule has 2 unspecified atom stereocenters. The molecule has 0 aliphatic heterocycles. The van der Waals surface area contributed by atoms with Crippen LogP contribution in [0.4, 0.5) is 5.13 Å². The van der Waals surface area contributed by atoms with Gasteiger partial charge in [-0.25, -0.2) is 4.98 Å². The van der Waals surface area contributed by atoms with Crippen LogP contribution in [0.5, 0.6) is 0 Å². The van der Waals surface area contributed by atoms with Gasteiger partial charge in [-0.15, -0.1) is 11.3 Å². The van der Waals surface area contributed by atoms with Crippen LogP contribution < -0.4 is 5.32 Å². The summed E-state index contributed by atoms with van der Waals surface area (Å²) in [5, 5.41) is 17.0. The number of anilines is 1. The van der Waals surface area contributed by atoms with Crippen LogP contribution in [0.25, 0.3) is 0 Å². The molecule has 1 aromatic heterocycles. The maximum atomic E-state index is 12.0. The second-order valence-corrected chi connectivity index (χ2v) is 5.86. The molecule has 5 nitrogen and oxygen atoms in total. The quantitative estimate of drug-likeness (QED) is 0.500. The first-order valence-corrected chi connectivity index (χ1v) is 7.04. The second-order valence-electron chi connectivity index (χ2n) is 5.00. The van der Waals surface area contributed by atoms with E-state index >= 15 is 0 Å². The smallest absolute Gasteiger partial charge is 0.229 e. The summed E-state index contributed by atoms with van der Waals surface area (Å²) < 4.78 is 0. The minimum atomic E-state index is 0.101. The molecular weight excluding hydrogens is 250 g/mol. The van der Waals surface area contributed by atoms with Crippen molar-refractivity contribution >= 4 is 28.1 Å².